The molecule has 0 N–H and O–H groups in total. The Bertz CT molecular complexity index is 764. The fourth-order valence-corrected chi connectivity index (χ4v) is 6.34. The first-order chi connectivity index (χ1) is 18.5. The van der Waals surface area contributed by atoms with Crippen molar-refractivity contribution in [2.24, 2.45) is 11.3 Å². The molecule has 3 unspecified atom stereocenters. The Morgan fingerprint density at radius 3 is 1.90 bits per heavy atom. The summed E-state index contributed by atoms with van der Waals surface area (Å²) in [5.74, 6) is -1.26. The van der Waals surface area contributed by atoms with Crippen molar-refractivity contribution >= 4 is 11.9 Å². The number of hydrogen-bond donors (Lipinski definition) is 0. The summed E-state index contributed by atoms with van der Waals surface area (Å²) in [7, 11) is 0. The highest BCUT2D eigenvalue weighted by Crippen LogP contribution is 2.54. The number of carbonyl (C=O) groups excluding carboxylic acids is 2. The van der Waals surface area contributed by atoms with Crippen molar-refractivity contribution in [1.29, 1.82) is 0 Å². The lowest BCUT2D eigenvalue weighted by Gasteiger charge is -2.63. The Hall–Kier alpha value is -1.18. The van der Waals surface area contributed by atoms with Crippen LogP contribution in [-0.4, -0.2) is 53.7 Å². The smallest absolute Gasteiger partial charge is 0.322 e. The Kier molecular flexibility index (Phi) is 13.2. The Morgan fingerprint density at radius 2 is 1.41 bits per heavy atom. The van der Waals surface area contributed by atoms with Crippen LogP contribution in [0.5, 0.6) is 0 Å². The third-order valence-electron chi connectivity index (χ3n) is 9.89. The summed E-state index contributed by atoms with van der Waals surface area (Å²) in [6.45, 7) is 17.7. The molecule has 0 aliphatic carbocycles. The molecule has 2 heterocycles. The van der Waals surface area contributed by atoms with E-state index < -0.39 is 16.9 Å². The van der Waals surface area contributed by atoms with Crippen LogP contribution in [-0.2, 0) is 28.6 Å². The third kappa shape index (κ3) is 8.42. The van der Waals surface area contributed by atoms with Gasteiger partial charge in [0, 0.05) is 25.7 Å². The van der Waals surface area contributed by atoms with Gasteiger partial charge < -0.3 is 19.0 Å². The molecule has 3 atom stereocenters. The van der Waals surface area contributed by atoms with E-state index in [1.165, 1.54) is 51.9 Å². The Morgan fingerprint density at radius 1 is 0.846 bits per heavy atom. The number of ether oxygens (including phenoxy) is 3. The minimum absolute atomic E-state index is 0.0435. The van der Waals surface area contributed by atoms with Crippen molar-refractivity contribution in [2.75, 3.05) is 19.8 Å². The largest absolute Gasteiger partial charge is 0.465 e. The van der Waals surface area contributed by atoms with Gasteiger partial charge in [-0.3, -0.25) is 9.59 Å². The number of carbonyl (C=O) groups is 2. The van der Waals surface area contributed by atoms with Gasteiger partial charge in [-0.25, -0.2) is 0 Å². The lowest BCUT2D eigenvalue weighted by Crippen LogP contribution is -2.74. The number of piperidine rings is 1. The molecule has 0 aromatic rings. The van der Waals surface area contributed by atoms with Crippen molar-refractivity contribution < 1.29 is 28.6 Å². The standard InChI is InChI=1S/C32H59NO6/c1-9-13-14-15-16-17-18-19-20-21-28(35)36-23-31(12-4)24-37-32(38-25-31)22-29(7,10-2)33(39-27(6)34)30(8,11-3)26(32)5/h26H,9-25H2,1-8H3. The van der Waals surface area contributed by atoms with Gasteiger partial charge in [-0.1, -0.05) is 86.0 Å². The molecule has 0 bridgehead atoms. The second-order valence-electron chi connectivity index (χ2n) is 12.8. The minimum Gasteiger partial charge on any atom is -0.465 e. The van der Waals surface area contributed by atoms with Crippen molar-refractivity contribution in [3.8, 4) is 0 Å². The molecule has 1 spiro atoms. The Labute approximate surface area is 239 Å². The van der Waals surface area contributed by atoms with Crippen LogP contribution >= 0.6 is 0 Å². The number of esters is 1. The molecule has 0 saturated carbocycles. The third-order valence-corrected chi connectivity index (χ3v) is 9.89. The number of nitrogens with zero attached hydrogens (tertiary/aromatic N) is 1. The fourth-order valence-electron chi connectivity index (χ4n) is 6.34. The van der Waals surface area contributed by atoms with Crippen molar-refractivity contribution in [2.45, 2.75) is 162 Å². The van der Waals surface area contributed by atoms with E-state index in [0.717, 1.165) is 32.1 Å². The quantitative estimate of drug-likeness (QED) is 0.143. The maximum absolute atomic E-state index is 12.5. The van der Waals surface area contributed by atoms with Gasteiger partial charge in [0.2, 0.25) is 0 Å². The zero-order valence-electron chi connectivity index (χ0n) is 26.5. The normalized spacial score (nSPS) is 33.3. The van der Waals surface area contributed by atoms with Crippen LogP contribution < -0.4 is 0 Å². The van der Waals surface area contributed by atoms with E-state index in [-0.39, 0.29) is 23.3 Å². The molecule has 0 radical (unpaired) electrons. The number of hydrogen-bond acceptors (Lipinski definition) is 7. The predicted octanol–water partition coefficient (Wildman–Crippen LogP) is 7.75. The van der Waals surface area contributed by atoms with Gasteiger partial charge >= 0.3 is 11.9 Å². The SMILES string of the molecule is CCCCCCCCCCCC(=O)OCC1(CC)COC2(CC(C)(CC)N(OC(C)=O)C(C)(CC)C2C)OC1. The zero-order chi connectivity index (χ0) is 29.2. The van der Waals surface area contributed by atoms with Crippen molar-refractivity contribution in [3.63, 3.8) is 0 Å². The van der Waals surface area contributed by atoms with Gasteiger partial charge in [-0.15, -0.1) is 5.06 Å². The van der Waals surface area contributed by atoms with Crippen molar-refractivity contribution in [1.82, 2.24) is 5.06 Å². The lowest BCUT2D eigenvalue weighted by atomic mass is 9.66. The summed E-state index contributed by atoms with van der Waals surface area (Å²) in [4.78, 5) is 30.4. The van der Waals surface area contributed by atoms with E-state index in [2.05, 4.69) is 48.5 Å². The van der Waals surface area contributed by atoms with Crippen LogP contribution in [0, 0.1) is 11.3 Å². The van der Waals surface area contributed by atoms with Gasteiger partial charge in [0.05, 0.1) is 29.7 Å². The number of unbranched alkanes of at least 4 members (excludes halogenated alkanes) is 8. The topological polar surface area (TPSA) is 74.3 Å². The Balaban J connectivity index is 1.92. The van der Waals surface area contributed by atoms with E-state index in [1.54, 1.807) is 0 Å². The van der Waals surface area contributed by atoms with E-state index >= 15 is 0 Å². The molecule has 2 rings (SSSR count). The maximum atomic E-state index is 12.5. The first-order valence-corrected chi connectivity index (χ1v) is 15.9. The average Bonchev–Trinajstić information content (AvgIpc) is 2.93. The van der Waals surface area contributed by atoms with E-state index in [0.29, 0.717) is 32.7 Å². The van der Waals surface area contributed by atoms with Crippen LogP contribution in [0.25, 0.3) is 0 Å². The summed E-state index contributed by atoms with van der Waals surface area (Å²) >= 11 is 0. The number of hydroxylamine groups is 2. The molecule has 2 saturated heterocycles. The van der Waals surface area contributed by atoms with Gasteiger partial charge in [0.1, 0.15) is 6.61 Å². The molecular formula is C32H59NO6. The summed E-state index contributed by atoms with van der Waals surface area (Å²) in [5.41, 5.74) is -1.24. The molecule has 39 heavy (non-hydrogen) atoms. The van der Waals surface area contributed by atoms with Gasteiger partial charge in [0.15, 0.2) is 5.79 Å². The van der Waals surface area contributed by atoms with E-state index in [4.69, 9.17) is 19.0 Å². The average molecular weight is 554 g/mol. The van der Waals surface area contributed by atoms with E-state index in [1.807, 2.05) is 5.06 Å². The van der Waals surface area contributed by atoms with Gasteiger partial charge in [-0.05, 0) is 39.5 Å². The number of rotatable bonds is 16. The van der Waals surface area contributed by atoms with Gasteiger partial charge in [0.25, 0.3) is 0 Å². The van der Waals surface area contributed by atoms with Crippen molar-refractivity contribution in [3.05, 3.63) is 0 Å². The fraction of sp³-hybridized carbons (Fsp3) is 0.938. The van der Waals surface area contributed by atoms with Crippen LogP contribution in [0.2, 0.25) is 0 Å². The van der Waals surface area contributed by atoms with Crippen LogP contribution in [0.3, 0.4) is 0 Å². The van der Waals surface area contributed by atoms with Crippen LogP contribution in [0.4, 0.5) is 0 Å². The molecule has 2 aliphatic heterocycles. The lowest BCUT2D eigenvalue weighted by molar-refractivity contribution is -0.403. The highest BCUT2D eigenvalue weighted by atomic mass is 16.7. The van der Waals surface area contributed by atoms with Crippen LogP contribution in [0.15, 0.2) is 0 Å². The molecule has 2 aliphatic rings. The second-order valence-corrected chi connectivity index (χ2v) is 12.8. The molecule has 7 heteroatoms. The van der Waals surface area contributed by atoms with E-state index in [9.17, 15) is 9.59 Å². The molecule has 0 amide bonds. The van der Waals surface area contributed by atoms with Gasteiger partial charge in [-0.2, -0.15) is 0 Å². The first kappa shape index (κ1) is 34.0. The molecule has 0 aromatic heterocycles. The zero-order valence-corrected chi connectivity index (χ0v) is 26.5. The minimum atomic E-state index is -0.786. The maximum Gasteiger partial charge on any atom is 0.322 e. The monoisotopic (exact) mass is 553 g/mol. The molecule has 7 nitrogen and oxygen atoms in total. The summed E-state index contributed by atoms with van der Waals surface area (Å²) < 4.78 is 19.1. The van der Waals surface area contributed by atoms with Crippen LogP contribution in [0.1, 0.15) is 145 Å². The summed E-state index contributed by atoms with van der Waals surface area (Å²) in [6, 6.07) is 0. The molecular weight excluding hydrogens is 494 g/mol. The highest BCUT2D eigenvalue weighted by Gasteiger charge is 2.64. The molecule has 228 valence electrons. The second kappa shape index (κ2) is 15.2. The highest BCUT2D eigenvalue weighted by molar-refractivity contribution is 5.69. The summed E-state index contributed by atoms with van der Waals surface area (Å²) in [5, 5.41) is 1.92. The molecule has 2 fully saturated rings. The predicted molar refractivity (Wildman–Crippen MR) is 155 cm³/mol. The first-order valence-electron chi connectivity index (χ1n) is 15.9. The molecule has 0 aromatic carbocycles. The summed E-state index contributed by atoms with van der Waals surface area (Å²) in [6.07, 6.45) is 14.5.